The summed E-state index contributed by atoms with van der Waals surface area (Å²) >= 11 is 5.42. The number of aromatic nitrogens is 2. The molecule has 5 heteroatoms. The second-order valence-corrected chi connectivity index (χ2v) is 5.94. The molecule has 0 unspecified atom stereocenters. The van der Waals surface area contributed by atoms with Crippen molar-refractivity contribution in [2.75, 3.05) is 5.32 Å². The highest BCUT2D eigenvalue weighted by Gasteiger charge is 2.05. The van der Waals surface area contributed by atoms with Crippen LogP contribution in [0.25, 0.3) is 21.8 Å². The molecule has 0 saturated carbocycles. The van der Waals surface area contributed by atoms with Crippen LogP contribution in [0.5, 0.6) is 0 Å². The molecule has 0 aliphatic carbocycles. The SMILES string of the molecule is S=C(NCc1nc2ccccc2[nH]1)Nc1cccc2ccccc12. The molecule has 4 aromatic rings. The molecule has 0 atom stereocenters. The monoisotopic (exact) mass is 332 g/mol. The van der Waals surface area contributed by atoms with Crippen molar-refractivity contribution in [2.45, 2.75) is 6.54 Å². The predicted molar refractivity (Wildman–Crippen MR) is 103 cm³/mol. The lowest BCUT2D eigenvalue weighted by atomic mass is 10.1. The number of hydrogen-bond donors (Lipinski definition) is 3. The van der Waals surface area contributed by atoms with Crippen LogP contribution in [0, 0.1) is 0 Å². The molecular formula is C19H16N4S. The van der Waals surface area contributed by atoms with Crippen molar-refractivity contribution in [1.29, 1.82) is 0 Å². The smallest absolute Gasteiger partial charge is 0.171 e. The lowest BCUT2D eigenvalue weighted by Gasteiger charge is -2.11. The molecule has 0 saturated heterocycles. The van der Waals surface area contributed by atoms with Gasteiger partial charge in [-0.15, -0.1) is 0 Å². The van der Waals surface area contributed by atoms with Crippen molar-refractivity contribution in [1.82, 2.24) is 15.3 Å². The zero-order valence-electron chi connectivity index (χ0n) is 12.9. The Labute approximate surface area is 144 Å². The predicted octanol–water partition coefficient (Wildman–Crippen LogP) is 4.20. The molecule has 0 spiro atoms. The maximum absolute atomic E-state index is 5.42. The Morgan fingerprint density at radius 1 is 0.958 bits per heavy atom. The first-order chi connectivity index (χ1) is 11.8. The third kappa shape index (κ3) is 2.94. The van der Waals surface area contributed by atoms with Gasteiger partial charge in [-0.2, -0.15) is 0 Å². The fraction of sp³-hybridized carbons (Fsp3) is 0.0526. The van der Waals surface area contributed by atoms with Crippen LogP contribution in [0.15, 0.2) is 66.7 Å². The lowest BCUT2D eigenvalue weighted by molar-refractivity contribution is 0.859. The zero-order chi connectivity index (χ0) is 16.4. The van der Waals surface area contributed by atoms with E-state index in [2.05, 4.69) is 38.8 Å². The molecule has 4 rings (SSSR count). The minimum absolute atomic E-state index is 0.547. The van der Waals surface area contributed by atoms with Gasteiger partial charge in [0.2, 0.25) is 0 Å². The first kappa shape index (κ1) is 14.7. The fourth-order valence-electron chi connectivity index (χ4n) is 2.75. The molecule has 118 valence electrons. The average molecular weight is 332 g/mol. The summed E-state index contributed by atoms with van der Waals surface area (Å²) in [6.45, 7) is 0.547. The Balaban J connectivity index is 1.46. The highest BCUT2D eigenvalue weighted by atomic mass is 32.1. The Morgan fingerprint density at radius 2 is 1.75 bits per heavy atom. The van der Waals surface area contributed by atoms with Crippen LogP contribution in [0.1, 0.15) is 5.82 Å². The minimum atomic E-state index is 0.547. The summed E-state index contributed by atoms with van der Waals surface area (Å²) in [5, 5.41) is 9.37. The highest BCUT2D eigenvalue weighted by molar-refractivity contribution is 7.80. The number of thiocarbonyl (C=S) groups is 1. The van der Waals surface area contributed by atoms with Crippen molar-refractivity contribution in [3.63, 3.8) is 0 Å². The summed E-state index contributed by atoms with van der Waals surface area (Å²) in [5.41, 5.74) is 2.99. The van der Waals surface area contributed by atoms with E-state index in [0.29, 0.717) is 11.7 Å². The molecule has 0 aliphatic heterocycles. The van der Waals surface area contributed by atoms with E-state index in [0.717, 1.165) is 27.9 Å². The number of aromatic amines is 1. The molecule has 3 N–H and O–H groups in total. The van der Waals surface area contributed by atoms with Gasteiger partial charge in [0.1, 0.15) is 5.82 Å². The van der Waals surface area contributed by atoms with E-state index in [4.69, 9.17) is 12.2 Å². The molecule has 1 heterocycles. The van der Waals surface area contributed by atoms with Crippen LogP contribution in [-0.2, 0) is 6.54 Å². The molecule has 3 aromatic carbocycles. The fourth-order valence-corrected chi connectivity index (χ4v) is 2.94. The Hall–Kier alpha value is -2.92. The van der Waals surface area contributed by atoms with Gasteiger partial charge in [-0.05, 0) is 35.8 Å². The number of anilines is 1. The largest absolute Gasteiger partial charge is 0.355 e. The van der Waals surface area contributed by atoms with Gasteiger partial charge in [-0.1, -0.05) is 48.5 Å². The van der Waals surface area contributed by atoms with Gasteiger partial charge in [-0.3, -0.25) is 0 Å². The number of H-pyrrole nitrogens is 1. The van der Waals surface area contributed by atoms with Gasteiger partial charge in [0.15, 0.2) is 5.11 Å². The second-order valence-electron chi connectivity index (χ2n) is 5.54. The first-order valence-electron chi connectivity index (χ1n) is 7.76. The topological polar surface area (TPSA) is 52.7 Å². The molecule has 4 nitrogen and oxygen atoms in total. The third-order valence-corrected chi connectivity index (χ3v) is 4.14. The Bertz CT molecular complexity index is 984. The van der Waals surface area contributed by atoms with Crippen LogP contribution in [0.3, 0.4) is 0 Å². The highest BCUT2D eigenvalue weighted by Crippen LogP contribution is 2.22. The van der Waals surface area contributed by atoms with E-state index >= 15 is 0 Å². The van der Waals surface area contributed by atoms with E-state index in [-0.39, 0.29) is 0 Å². The van der Waals surface area contributed by atoms with Crippen LogP contribution in [-0.4, -0.2) is 15.1 Å². The maximum Gasteiger partial charge on any atom is 0.171 e. The summed E-state index contributed by atoms with van der Waals surface area (Å²) in [7, 11) is 0. The summed E-state index contributed by atoms with van der Waals surface area (Å²) in [6.07, 6.45) is 0. The van der Waals surface area contributed by atoms with Crippen LogP contribution in [0.2, 0.25) is 0 Å². The summed E-state index contributed by atoms with van der Waals surface area (Å²) < 4.78 is 0. The minimum Gasteiger partial charge on any atom is -0.355 e. The van der Waals surface area contributed by atoms with Crippen LogP contribution < -0.4 is 10.6 Å². The van der Waals surface area contributed by atoms with Gasteiger partial charge in [0.25, 0.3) is 0 Å². The number of fused-ring (bicyclic) bond motifs is 2. The van der Waals surface area contributed by atoms with E-state index in [9.17, 15) is 0 Å². The number of para-hydroxylation sites is 2. The Morgan fingerprint density at radius 3 is 2.67 bits per heavy atom. The van der Waals surface area contributed by atoms with Crippen molar-refractivity contribution < 1.29 is 0 Å². The average Bonchev–Trinajstić information content (AvgIpc) is 3.03. The summed E-state index contributed by atoms with van der Waals surface area (Å²) in [5.74, 6) is 0.860. The van der Waals surface area contributed by atoms with Gasteiger partial charge < -0.3 is 15.6 Å². The molecule has 0 amide bonds. The number of rotatable bonds is 3. The first-order valence-corrected chi connectivity index (χ1v) is 8.17. The lowest BCUT2D eigenvalue weighted by Crippen LogP contribution is -2.28. The van der Waals surface area contributed by atoms with Gasteiger partial charge in [0.05, 0.1) is 17.6 Å². The van der Waals surface area contributed by atoms with Crippen LogP contribution >= 0.6 is 12.2 Å². The number of benzene rings is 3. The molecule has 0 aliphatic rings. The molecular weight excluding hydrogens is 316 g/mol. The van der Waals surface area contributed by atoms with Crippen molar-refractivity contribution in [2.24, 2.45) is 0 Å². The zero-order valence-corrected chi connectivity index (χ0v) is 13.7. The number of hydrogen-bond acceptors (Lipinski definition) is 2. The van der Waals surface area contributed by atoms with Gasteiger partial charge >= 0.3 is 0 Å². The van der Waals surface area contributed by atoms with E-state index in [1.165, 1.54) is 5.39 Å². The molecule has 0 radical (unpaired) electrons. The van der Waals surface area contributed by atoms with Gasteiger partial charge in [-0.25, -0.2) is 4.98 Å². The maximum atomic E-state index is 5.42. The van der Waals surface area contributed by atoms with Crippen molar-refractivity contribution in [3.8, 4) is 0 Å². The summed E-state index contributed by atoms with van der Waals surface area (Å²) in [4.78, 5) is 7.82. The van der Waals surface area contributed by atoms with E-state index < -0.39 is 0 Å². The van der Waals surface area contributed by atoms with E-state index in [1.54, 1.807) is 0 Å². The second kappa shape index (κ2) is 6.29. The molecule has 0 bridgehead atoms. The van der Waals surface area contributed by atoms with Crippen molar-refractivity contribution >= 4 is 44.8 Å². The van der Waals surface area contributed by atoms with Gasteiger partial charge in [0, 0.05) is 11.1 Å². The number of imidazole rings is 1. The van der Waals surface area contributed by atoms with E-state index in [1.807, 2.05) is 48.5 Å². The Kier molecular flexibility index (Phi) is 3.84. The summed E-state index contributed by atoms with van der Waals surface area (Å²) in [6, 6.07) is 22.3. The number of nitrogens with one attached hydrogen (secondary N) is 3. The quantitative estimate of drug-likeness (QED) is 0.492. The third-order valence-electron chi connectivity index (χ3n) is 3.89. The molecule has 0 fully saturated rings. The standard InChI is InChI=1S/C19H16N4S/c24-19(20-12-18-21-16-9-3-4-10-17(16)22-18)23-15-11-5-7-13-6-1-2-8-14(13)15/h1-11H,12H2,(H,21,22)(H2,20,23,24). The normalized spacial score (nSPS) is 10.8. The molecule has 1 aromatic heterocycles. The van der Waals surface area contributed by atoms with Crippen LogP contribution in [0.4, 0.5) is 5.69 Å². The molecule has 24 heavy (non-hydrogen) atoms. The number of nitrogens with zero attached hydrogens (tertiary/aromatic N) is 1. The van der Waals surface area contributed by atoms with Crippen molar-refractivity contribution in [3.05, 3.63) is 72.6 Å².